The minimum absolute atomic E-state index is 0.658. The van der Waals surface area contributed by atoms with Gasteiger partial charge in [0, 0.05) is 13.1 Å². The number of nitrogens with zero attached hydrogens (tertiary/aromatic N) is 1. The van der Waals surface area contributed by atoms with Gasteiger partial charge >= 0.3 is 0 Å². The van der Waals surface area contributed by atoms with Gasteiger partial charge in [0.25, 0.3) is 0 Å². The lowest BCUT2D eigenvalue weighted by Gasteiger charge is -2.33. The number of para-hydroxylation sites is 1. The van der Waals surface area contributed by atoms with E-state index in [9.17, 15) is 0 Å². The normalized spacial score (nSPS) is 18.1. The number of nitrogens with two attached hydrogens (primary N) is 1. The summed E-state index contributed by atoms with van der Waals surface area (Å²) in [6.45, 7) is 4.48. The maximum atomic E-state index is 6.01. The van der Waals surface area contributed by atoms with Gasteiger partial charge in [-0.2, -0.15) is 0 Å². The van der Waals surface area contributed by atoms with Crippen LogP contribution in [0.5, 0.6) is 0 Å². The Morgan fingerprint density at radius 2 is 2.00 bits per heavy atom. The lowest BCUT2D eigenvalue weighted by atomic mass is 9.98. The number of hydrogen-bond donors (Lipinski definition) is 1. The number of anilines is 2. The monoisotopic (exact) mass is 224 g/mol. The fourth-order valence-corrected chi connectivity index (χ4v) is 2.22. The Hall–Kier alpha value is -0.890. The average Bonchev–Trinajstić information content (AvgIpc) is 2.24. The first-order valence-electron chi connectivity index (χ1n) is 5.47. The third kappa shape index (κ3) is 2.20. The molecule has 1 aliphatic rings. The van der Waals surface area contributed by atoms with Gasteiger partial charge in [-0.3, -0.25) is 0 Å². The maximum absolute atomic E-state index is 6.01. The summed E-state index contributed by atoms with van der Waals surface area (Å²) in [4.78, 5) is 2.33. The van der Waals surface area contributed by atoms with Crippen molar-refractivity contribution in [3.05, 3.63) is 23.2 Å². The van der Waals surface area contributed by atoms with Crippen molar-refractivity contribution >= 4 is 23.0 Å². The SMILES string of the molecule is CC1CCN(c2cccc(Cl)c2N)CC1. The predicted molar refractivity (Wildman–Crippen MR) is 66.5 cm³/mol. The van der Waals surface area contributed by atoms with Crippen molar-refractivity contribution in [2.75, 3.05) is 23.7 Å². The van der Waals surface area contributed by atoms with Crippen LogP contribution >= 0.6 is 11.6 Å². The van der Waals surface area contributed by atoms with Crippen LogP contribution in [0.25, 0.3) is 0 Å². The van der Waals surface area contributed by atoms with E-state index in [4.69, 9.17) is 17.3 Å². The molecule has 1 saturated heterocycles. The first-order valence-corrected chi connectivity index (χ1v) is 5.85. The molecule has 0 atom stereocenters. The van der Waals surface area contributed by atoms with Crippen molar-refractivity contribution in [3.63, 3.8) is 0 Å². The average molecular weight is 225 g/mol. The number of piperidine rings is 1. The number of nitrogen functional groups attached to an aromatic ring is 1. The van der Waals surface area contributed by atoms with Gasteiger partial charge in [-0.1, -0.05) is 24.6 Å². The van der Waals surface area contributed by atoms with Gasteiger partial charge < -0.3 is 10.6 Å². The molecular weight excluding hydrogens is 208 g/mol. The first kappa shape index (κ1) is 10.6. The van der Waals surface area contributed by atoms with Crippen LogP contribution in [-0.4, -0.2) is 13.1 Å². The Labute approximate surface area is 96.0 Å². The van der Waals surface area contributed by atoms with Gasteiger partial charge in [-0.15, -0.1) is 0 Å². The van der Waals surface area contributed by atoms with E-state index >= 15 is 0 Å². The van der Waals surface area contributed by atoms with Crippen LogP contribution in [0.1, 0.15) is 19.8 Å². The minimum atomic E-state index is 0.658. The molecule has 3 heteroatoms. The van der Waals surface area contributed by atoms with Crippen LogP contribution in [0.3, 0.4) is 0 Å². The standard InChI is InChI=1S/C12H17ClN2/c1-9-5-7-15(8-6-9)11-4-2-3-10(13)12(11)14/h2-4,9H,5-8,14H2,1H3. The third-order valence-electron chi connectivity index (χ3n) is 3.15. The Bertz CT molecular complexity index is 343. The first-order chi connectivity index (χ1) is 7.18. The lowest BCUT2D eigenvalue weighted by molar-refractivity contribution is 0.439. The van der Waals surface area contributed by atoms with Gasteiger partial charge in [0.2, 0.25) is 0 Å². The molecule has 2 nitrogen and oxygen atoms in total. The van der Waals surface area contributed by atoms with E-state index in [0.717, 1.165) is 24.7 Å². The van der Waals surface area contributed by atoms with Crippen LogP contribution in [0, 0.1) is 5.92 Å². The Morgan fingerprint density at radius 3 is 2.67 bits per heavy atom. The van der Waals surface area contributed by atoms with Crippen LogP contribution in [0.2, 0.25) is 5.02 Å². The van der Waals surface area contributed by atoms with E-state index in [1.54, 1.807) is 0 Å². The summed E-state index contributed by atoms with van der Waals surface area (Å²) in [7, 11) is 0. The zero-order valence-electron chi connectivity index (χ0n) is 9.04. The Kier molecular flexibility index (Phi) is 3.06. The summed E-state index contributed by atoms with van der Waals surface area (Å²) in [5.41, 5.74) is 7.78. The zero-order chi connectivity index (χ0) is 10.8. The molecule has 0 spiro atoms. The number of rotatable bonds is 1. The van der Waals surface area contributed by atoms with E-state index in [-0.39, 0.29) is 0 Å². The van der Waals surface area contributed by atoms with Crippen LogP contribution in [0.4, 0.5) is 11.4 Å². The van der Waals surface area contributed by atoms with Gasteiger partial charge in [-0.25, -0.2) is 0 Å². The molecule has 82 valence electrons. The molecule has 1 aromatic rings. The topological polar surface area (TPSA) is 29.3 Å². The van der Waals surface area contributed by atoms with Crippen molar-refractivity contribution in [3.8, 4) is 0 Å². The maximum Gasteiger partial charge on any atom is 0.0741 e. The summed E-state index contributed by atoms with van der Waals surface area (Å²) in [5, 5.41) is 0.658. The second-order valence-electron chi connectivity index (χ2n) is 4.34. The van der Waals surface area contributed by atoms with E-state index in [2.05, 4.69) is 17.9 Å². The fraction of sp³-hybridized carbons (Fsp3) is 0.500. The van der Waals surface area contributed by atoms with Gasteiger partial charge in [0.15, 0.2) is 0 Å². The number of halogens is 1. The molecule has 2 rings (SSSR count). The summed E-state index contributed by atoms with van der Waals surface area (Å²) in [6, 6.07) is 5.86. The molecule has 1 fully saturated rings. The number of benzene rings is 1. The Morgan fingerprint density at radius 1 is 1.33 bits per heavy atom. The van der Waals surface area contributed by atoms with E-state index in [1.807, 2.05) is 12.1 Å². The zero-order valence-corrected chi connectivity index (χ0v) is 9.80. The molecule has 1 heterocycles. The van der Waals surface area contributed by atoms with Gasteiger partial charge in [0.05, 0.1) is 16.4 Å². The lowest BCUT2D eigenvalue weighted by Crippen LogP contribution is -2.33. The highest BCUT2D eigenvalue weighted by Gasteiger charge is 2.18. The summed E-state index contributed by atoms with van der Waals surface area (Å²) >= 11 is 6.01. The summed E-state index contributed by atoms with van der Waals surface area (Å²) in [5.74, 6) is 0.835. The van der Waals surface area contributed by atoms with Crippen molar-refractivity contribution < 1.29 is 0 Å². The van der Waals surface area contributed by atoms with E-state index < -0.39 is 0 Å². The van der Waals surface area contributed by atoms with Crippen LogP contribution in [0.15, 0.2) is 18.2 Å². The molecule has 0 aliphatic carbocycles. The summed E-state index contributed by atoms with van der Waals surface area (Å²) in [6.07, 6.45) is 2.48. The second-order valence-corrected chi connectivity index (χ2v) is 4.75. The number of hydrogen-bond acceptors (Lipinski definition) is 2. The molecule has 0 aromatic heterocycles. The van der Waals surface area contributed by atoms with Crippen LogP contribution < -0.4 is 10.6 Å². The highest BCUT2D eigenvalue weighted by molar-refractivity contribution is 6.33. The Balaban J connectivity index is 2.19. The van der Waals surface area contributed by atoms with Crippen molar-refractivity contribution in [2.24, 2.45) is 5.92 Å². The molecule has 15 heavy (non-hydrogen) atoms. The highest BCUT2D eigenvalue weighted by atomic mass is 35.5. The highest BCUT2D eigenvalue weighted by Crippen LogP contribution is 2.32. The molecule has 2 N–H and O–H groups in total. The van der Waals surface area contributed by atoms with E-state index in [0.29, 0.717) is 10.7 Å². The van der Waals surface area contributed by atoms with Crippen LogP contribution in [-0.2, 0) is 0 Å². The quantitative estimate of drug-likeness (QED) is 0.743. The third-order valence-corrected chi connectivity index (χ3v) is 3.48. The minimum Gasteiger partial charge on any atom is -0.396 e. The molecule has 0 radical (unpaired) electrons. The predicted octanol–water partition coefficient (Wildman–Crippen LogP) is 3.16. The molecular formula is C12H17ClN2. The van der Waals surface area contributed by atoms with Gasteiger partial charge in [-0.05, 0) is 30.9 Å². The molecule has 0 saturated carbocycles. The van der Waals surface area contributed by atoms with E-state index in [1.165, 1.54) is 12.8 Å². The van der Waals surface area contributed by atoms with Crippen molar-refractivity contribution in [2.45, 2.75) is 19.8 Å². The molecule has 1 aliphatic heterocycles. The van der Waals surface area contributed by atoms with Crippen molar-refractivity contribution in [1.29, 1.82) is 0 Å². The summed E-state index contributed by atoms with van der Waals surface area (Å²) < 4.78 is 0. The molecule has 0 amide bonds. The fourth-order valence-electron chi connectivity index (χ4n) is 2.05. The smallest absolute Gasteiger partial charge is 0.0741 e. The van der Waals surface area contributed by atoms with Gasteiger partial charge in [0.1, 0.15) is 0 Å². The molecule has 0 unspecified atom stereocenters. The second kappa shape index (κ2) is 4.31. The van der Waals surface area contributed by atoms with Crippen molar-refractivity contribution in [1.82, 2.24) is 0 Å². The largest absolute Gasteiger partial charge is 0.396 e. The molecule has 0 bridgehead atoms. The molecule has 1 aromatic carbocycles.